The predicted molar refractivity (Wildman–Crippen MR) is 138 cm³/mol. The Balaban J connectivity index is 1.91. The van der Waals surface area contributed by atoms with Crippen LogP contribution >= 0.6 is 0 Å². The summed E-state index contributed by atoms with van der Waals surface area (Å²) in [6.07, 6.45) is 0. The van der Waals surface area contributed by atoms with Crippen molar-refractivity contribution in [1.29, 1.82) is 0 Å². The molecule has 0 N–H and O–H groups in total. The number of hydrogen-bond acceptors (Lipinski definition) is 5. The molecule has 0 spiro atoms. The summed E-state index contributed by atoms with van der Waals surface area (Å²) in [4.78, 5) is 1.95. The van der Waals surface area contributed by atoms with Crippen molar-refractivity contribution >= 4 is 5.69 Å². The molecular weight excluding hydrogens is 464 g/mol. The molecule has 3 rings (SSSR count). The molecule has 36 heavy (non-hydrogen) atoms. The molecular formula is C29H35F2NO4. The minimum absolute atomic E-state index is 0.0116. The van der Waals surface area contributed by atoms with E-state index in [9.17, 15) is 0 Å². The maximum absolute atomic E-state index is 15.4. The topological polar surface area (TPSA) is 40.2 Å². The third-order valence-corrected chi connectivity index (χ3v) is 6.03. The molecule has 0 saturated carbocycles. The van der Waals surface area contributed by atoms with Crippen LogP contribution in [-0.2, 0) is 28.0 Å². The van der Waals surface area contributed by atoms with Crippen molar-refractivity contribution in [2.75, 3.05) is 46.0 Å². The van der Waals surface area contributed by atoms with Gasteiger partial charge in [-0.25, -0.2) is 8.78 Å². The van der Waals surface area contributed by atoms with E-state index < -0.39 is 17.0 Å². The molecule has 194 valence electrons. The molecule has 5 nitrogen and oxygen atoms in total. The highest BCUT2D eigenvalue weighted by Gasteiger charge is 2.29. The second-order valence-corrected chi connectivity index (χ2v) is 9.27. The number of ether oxygens (including phenoxy) is 4. The smallest absolute Gasteiger partial charge is 0.132 e. The second kappa shape index (κ2) is 12.7. The highest BCUT2D eigenvalue weighted by Crippen LogP contribution is 2.33. The highest BCUT2D eigenvalue weighted by molar-refractivity contribution is 5.51. The van der Waals surface area contributed by atoms with Crippen LogP contribution in [0.1, 0.15) is 30.5 Å². The van der Waals surface area contributed by atoms with Crippen LogP contribution in [0, 0.1) is 11.6 Å². The summed E-state index contributed by atoms with van der Waals surface area (Å²) in [5.74, 6) is 0.299. The molecule has 0 aliphatic rings. The van der Waals surface area contributed by atoms with Gasteiger partial charge in [-0.2, -0.15) is 0 Å². The van der Waals surface area contributed by atoms with Gasteiger partial charge in [0, 0.05) is 36.9 Å². The minimum Gasteiger partial charge on any atom is -0.497 e. The van der Waals surface area contributed by atoms with Gasteiger partial charge in [0.25, 0.3) is 0 Å². The Morgan fingerprint density at radius 2 is 1.19 bits per heavy atom. The van der Waals surface area contributed by atoms with E-state index in [2.05, 4.69) is 0 Å². The number of benzene rings is 3. The van der Waals surface area contributed by atoms with Crippen molar-refractivity contribution in [2.45, 2.75) is 32.4 Å². The zero-order valence-corrected chi connectivity index (χ0v) is 21.6. The largest absolute Gasteiger partial charge is 0.497 e. The van der Waals surface area contributed by atoms with E-state index in [0.717, 1.165) is 22.6 Å². The van der Waals surface area contributed by atoms with Gasteiger partial charge in [-0.15, -0.1) is 0 Å². The van der Waals surface area contributed by atoms with Gasteiger partial charge in [0.2, 0.25) is 0 Å². The van der Waals surface area contributed by atoms with Gasteiger partial charge in [-0.3, -0.25) is 0 Å². The quantitative estimate of drug-likeness (QED) is 0.265. The summed E-state index contributed by atoms with van der Waals surface area (Å²) in [6, 6.07) is 18.1. The Kier molecular flexibility index (Phi) is 9.67. The zero-order chi connectivity index (χ0) is 26.1. The number of halogens is 2. The maximum Gasteiger partial charge on any atom is 0.132 e. The second-order valence-electron chi connectivity index (χ2n) is 9.27. The Labute approximate surface area is 212 Å². The summed E-state index contributed by atoms with van der Waals surface area (Å²) >= 11 is 0. The standard InChI is InChI=1S/C29H35F2NO4/c1-29(2,20-36-15-14-33-3)28-26(30)16-23(17-27(28)31)32(18-21-6-10-24(34-4)11-7-21)19-22-8-12-25(35-5)13-9-22/h6-13,16-17H,14-15,18-20H2,1-5H3. The van der Waals surface area contributed by atoms with E-state index >= 15 is 8.78 Å². The van der Waals surface area contributed by atoms with E-state index in [0.29, 0.717) is 32.0 Å². The predicted octanol–water partition coefficient (Wildman–Crippen LogP) is 6.13. The molecule has 3 aromatic rings. The zero-order valence-electron chi connectivity index (χ0n) is 21.6. The highest BCUT2D eigenvalue weighted by atomic mass is 19.1. The van der Waals surface area contributed by atoms with Gasteiger partial charge >= 0.3 is 0 Å². The third-order valence-electron chi connectivity index (χ3n) is 6.03. The lowest BCUT2D eigenvalue weighted by Gasteiger charge is -2.29. The summed E-state index contributed by atoms with van der Waals surface area (Å²) in [5, 5.41) is 0. The van der Waals surface area contributed by atoms with Gasteiger partial charge in [0.15, 0.2) is 0 Å². The summed E-state index contributed by atoms with van der Waals surface area (Å²) in [6.45, 7) is 5.41. The molecule has 0 amide bonds. The van der Waals surface area contributed by atoms with E-state index in [4.69, 9.17) is 18.9 Å². The fraction of sp³-hybridized carbons (Fsp3) is 0.379. The van der Waals surface area contributed by atoms with E-state index in [1.807, 2.05) is 53.4 Å². The number of anilines is 1. The molecule has 0 aliphatic heterocycles. The molecule has 3 aromatic carbocycles. The van der Waals surface area contributed by atoms with Crippen LogP contribution in [0.3, 0.4) is 0 Å². The van der Waals surface area contributed by atoms with Gasteiger partial charge < -0.3 is 23.8 Å². The molecule has 0 unspecified atom stereocenters. The third kappa shape index (κ3) is 7.18. The van der Waals surface area contributed by atoms with Crippen molar-refractivity contribution in [2.24, 2.45) is 0 Å². The van der Waals surface area contributed by atoms with E-state index in [1.165, 1.54) is 12.1 Å². The molecule has 0 heterocycles. The van der Waals surface area contributed by atoms with Crippen molar-refractivity contribution < 1.29 is 27.7 Å². The van der Waals surface area contributed by atoms with Crippen LogP contribution in [0.2, 0.25) is 0 Å². The number of rotatable bonds is 13. The minimum atomic E-state index is -0.850. The normalized spacial score (nSPS) is 11.4. The van der Waals surface area contributed by atoms with E-state index in [-0.39, 0.29) is 12.2 Å². The van der Waals surface area contributed by atoms with Crippen molar-refractivity contribution in [1.82, 2.24) is 0 Å². The molecule has 0 atom stereocenters. The summed E-state index contributed by atoms with van der Waals surface area (Å²) < 4.78 is 51.9. The van der Waals surface area contributed by atoms with E-state index in [1.54, 1.807) is 35.2 Å². The maximum atomic E-state index is 15.4. The number of methoxy groups -OCH3 is 3. The lowest BCUT2D eigenvalue weighted by molar-refractivity contribution is 0.0470. The van der Waals surface area contributed by atoms with Crippen molar-refractivity contribution in [3.8, 4) is 11.5 Å². The number of nitrogens with zero attached hydrogens (tertiary/aromatic N) is 1. The van der Waals surface area contributed by atoms with Crippen LogP contribution in [0.5, 0.6) is 11.5 Å². The fourth-order valence-corrected chi connectivity index (χ4v) is 4.07. The molecule has 0 saturated heterocycles. The lowest BCUT2D eigenvalue weighted by atomic mass is 9.84. The van der Waals surface area contributed by atoms with Gasteiger partial charge in [0.05, 0.1) is 34.0 Å². The average molecular weight is 500 g/mol. The first-order valence-corrected chi connectivity index (χ1v) is 11.8. The fourth-order valence-electron chi connectivity index (χ4n) is 4.07. The van der Waals surface area contributed by atoms with Crippen LogP contribution in [0.4, 0.5) is 14.5 Å². The first-order chi connectivity index (χ1) is 17.3. The Bertz CT molecular complexity index is 1030. The van der Waals surface area contributed by atoms with Gasteiger partial charge in [-0.1, -0.05) is 38.1 Å². The number of hydrogen-bond donors (Lipinski definition) is 0. The van der Waals surface area contributed by atoms with Crippen molar-refractivity contribution in [3.63, 3.8) is 0 Å². The molecule has 0 aromatic heterocycles. The molecule has 0 bridgehead atoms. The Morgan fingerprint density at radius 3 is 1.61 bits per heavy atom. The van der Waals surface area contributed by atoms with Gasteiger partial charge in [0.1, 0.15) is 23.1 Å². The first-order valence-electron chi connectivity index (χ1n) is 11.8. The summed E-state index contributed by atoms with van der Waals surface area (Å²) in [7, 11) is 4.81. The SMILES string of the molecule is COCCOCC(C)(C)c1c(F)cc(N(Cc2ccc(OC)cc2)Cc2ccc(OC)cc2)cc1F. The van der Waals surface area contributed by atoms with Crippen molar-refractivity contribution in [3.05, 3.63) is 89.0 Å². The molecule has 0 fully saturated rings. The first kappa shape index (κ1) is 27.4. The van der Waals surface area contributed by atoms with Crippen LogP contribution in [0.25, 0.3) is 0 Å². The molecule has 0 radical (unpaired) electrons. The Hall–Kier alpha value is -3.16. The van der Waals surface area contributed by atoms with Crippen LogP contribution in [-0.4, -0.2) is 41.2 Å². The average Bonchev–Trinajstić information content (AvgIpc) is 2.86. The lowest BCUT2D eigenvalue weighted by Crippen LogP contribution is -2.29. The van der Waals surface area contributed by atoms with Gasteiger partial charge in [-0.05, 0) is 47.5 Å². The monoisotopic (exact) mass is 499 g/mol. The molecule has 7 heteroatoms. The van der Waals surface area contributed by atoms with Crippen LogP contribution < -0.4 is 14.4 Å². The van der Waals surface area contributed by atoms with Crippen LogP contribution in [0.15, 0.2) is 60.7 Å². The Morgan fingerprint density at radius 1 is 0.722 bits per heavy atom. The molecule has 0 aliphatic carbocycles. The summed E-state index contributed by atoms with van der Waals surface area (Å²) in [5.41, 5.74) is 1.59.